The summed E-state index contributed by atoms with van der Waals surface area (Å²) in [6.45, 7) is -0.102. The number of carbonyl (C=O) groups is 1. The molecule has 1 aliphatic rings. The third kappa shape index (κ3) is 1.68. The predicted molar refractivity (Wildman–Crippen MR) is 43.8 cm³/mol. The van der Waals surface area contributed by atoms with E-state index in [1.165, 1.54) is 0 Å². The van der Waals surface area contributed by atoms with E-state index in [1.54, 1.807) is 7.05 Å². The lowest BCUT2D eigenvalue weighted by molar-refractivity contribution is -0.123. The van der Waals surface area contributed by atoms with Crippen molar-refractivity contribution in [3.05, 3.63) is 10.9 Å². The van der Waals surface area contributed by atoms with Crippen molar-refractivity contribution in [1.29, 1.82) is 5.41 Å². The Balaban J connectivity index is 2.81. The summed E-state index contributed by atoms with van der Waals surface area (Å²) in [7, 11) is 1.60. The van der Waals surface area contributed by atoms with Gasteiger partial charge in [0.25, 0.3) is 5.91 Å². The molecule has 0 spiro atoms. The van der Waals surface area contributed by atoms with Crippen LogP contribution in [0.5, 0.6) is 0 Å². The van der Waals surface area contributed by atoms with E-state index in [1.807, 2.05) is 0 Å². The van der Waals surface area contributed by atoms with Gasteiger partial charge in [-0.3, -0.25) is 10.2 Å². The Morgan fingerprint density at radius 2 is 2.50 bits per heavy atom. The molecule has 0 atom stereocenters. The van der Waals surface area contributed by atoms with Gasteiger partial charge in [0.1, 0.15) is 5.16 Å². The Bertz CT molecular complexity index is 262. The van der Waals surface area contributed by atoms with Gasteiger partial charge in [-0.25, -0.2) is 0 Å². The fraction of sp³-hybridized carbons (Fsp3) is 0.333. The maximum atomic E-state index is 10.7. The molecular formula is C6H8ClN3O2. The number of amidine groups is 1. The van der Waals surface area contributed by atoms with Crippen molar-refractivity contribution in [3.8, 4) is 0 Å². The molecule has 6 heteroatoms. The number of amides is 1. The Kier molecular flexibility index (Phi) is 2.54. The molecule has 1 amide bonds. The SMILES string of the molecule is CN/C(Cl)=C1/OCC(=O)NC1=N. The minimum atomic E-state index is -0.343. The van der Waals surface area contributed by atoms with E-state index in [-0.39, 0.29) is 29.3 Å². The van der Waals surface area contributed by atoms with E-state index in [9.17, 15) is 4.79 Å². The van der Waals surface area contributed by atoms with Crippen LogP contribution in [0.3, 0.4) is 0 Å². The van der Waals surface area contributed by atoms with Crippen LogP contribution in [0.2, 0.25) is 0 Å². The van der Waals surface area contributed by atoms with E-state index in [4.69, 9.17) is 21.7 Å². The topological polar surface area (TPSA) is 74.2 Å². The highest BCUT2D eigenvalue weighted by Gasteiger charge is 2.21. The average Bonchev–Trinajstić information content (AvgIpc) is 2.03. The Hall–Kier alpha value is -1.23. The maximum absolute atomic E-state index is 10.7. The second kappa shape index (κ2) is 3.44. The summed E-state index contributed by atoms with van der Waals surface area (Å²) in [5.74, 6) is -0.298. The molecule has 12 heavy (non-hydrogen) atoms. The highest BCUT2D eigenvalue weighted by Crippen LogP contribution is 2.10. The molecule has 1 aliphatic heterocycles. The van der Waals surface area contributed by atoms with Crippen molar-refractivity contribution in [2.45, 2.75) is 0 Å². The third-order valence-corrected chi connectivity index (χ3v) is 1.62. The maximum Gasteiger partial charge on any atom is 0.263 e. The van der Waals surface area contributed by atoms with E-state index in [0.29, 0.717) is 0 Å². The normalized spacial score (nSPS) is 21.2. The van der Waals surface area contributed by atoms with Gasteiger partial charge in [-0.1, -0.05) is 11.6 Å². The van der Waals surface area contributed by atoms with Gasteiger partial charge in [-0.2, -0.15) is 0 Å². The number of hydrogen-bond donors (Lipinski definition) is 3. The van der Waals surface area contributed by atoms with Gasteiger partial charge in [-0.05, 0) is 0 Å². The highest BCUT2D eigenvalue weighted by molar-refractivity contribution is 6.31. The van der Waals surface area contributed by atoms with Crippen LogP contribution >= 0.6 is 11.6 Å². The van der Waals surface area contributed by atoms with Crippen molar-refractivity contribution in [3.63, 3.8) is 0 Å². The molecule has 1 heterocycles. The van der Waals surface area contributed by atoms with Gasteiger partial charge in [0.15, 0.2) is 18.2 Å². The van der Waals surface area contributed by atoms with Gasteiger partial charge >= 0.3 is 0 Å². The van der Waals surface area contributed by atoms with Crippen LogP contribution in [0.15, 0.2) is 10.9 Å². The number of rotatable bonds is 1. The number of morpholine rings is 1. The van der Waals surface area contributed by atoms with Crippen LogP contribution in [0.1, 0.15) is 0 Å². The van der Waals surface area contributed by atoms with Crippen molar-refractivity contribution in [2.24, 2.45) is 0 Å². The molecule has 1 rings (SSSR count). The minimum absolute atomic E-state index is 0.102. The first-order valence-electron chi connectivity index (χ1n) is 3.24. The third-order valence-electron chi connectivity index (χ3n) is 1.26. The molecule has 1 saturated heterocycles. The molecule has 0 aromatic rings. The lowest BCUT2D eigenvalue weighted by Crippen LogP contribution is -2.41. The van der Waals surface area contributed by atoms with Crippen LogP contribution in [0.25, 0.3) is 0 Å². The molecule has 0 unspecified atom stereocenters. The lowest BCUT2D eigenvalue weighted by Gasteiger charge is -2.18. The quantitative estimate of drug-likeness (QED) is 0.498. The van der Waals surface area contributed by atoms with E-state index in [2.05, 4.69) is 10.6 Å². The zero-order valence-corrected chi connectivity index (χ0v) is 7.16. The summed E-state index contributed by atoms with van der Waals surface area (Å²) in [4.78, 5) is 10.7. The summed E-state index contributed by atoms with van der Waals surface area (Å²) < 4.78 is 4.90. The van der Waals surface area contributed by atoms with Gasteiger partial charge in [0.05, 0.1) is 0 Å². The van der Waals surface area contributed by atoms with Gasteiger partial charge < -0.3 is 15.4 Å². The van der Waals surface area contributed by atoms with Gasteiger partial charge in [-0.15, -0.1) is 0 Å². The Morgan fingerprint density at radius 3 is 3.00 bits per heavy atom. The molecule has 1 fully saturated rings. The average molecular weight is 190 g/mol. The number of hydrogen-bond acceptors (Lipinski definition) is 4. The number of ether oxygens (including phenoxy) is 1. The molecule has 5 nitrogen and oxygen atoms in total. The molecule has 0 aliphatic carbocycles. The molecule has 0 aromatic carbocycles. The molecular weight excluding hydrogens is 182 g/mol. The summed E-state index contributed by atoms with van der Waals surface area (Å²) in [6.07, 6.45) is 0. The smallest absolute Gasteiger partial charge is 0.263 e. The van der Waals surface area contributed by atoms with Crippen LogP contribution in [0, 0.1) is 5.41 Å². The predicted octanol–water partition coefficient (Wildman–Crippen LogP) is -0.263. The van der Waals surface area contributed by atoms with Gasteiger partial charge in [0, 0.05) is 7.05 Å². The van der Waals surface area contributed by atoms with E-state index < -0.39 is 0 Å². The first kappa shape index (κ1) is 8.86. The van der Waals surface area contributed by atoms with E-state index in [0.717, 1.165) is 0 Å². The summed E-state index contributed by atoms with van der Waals surface area (Å²) in [5.41, 5.74) is 0. The molecule has 3 N–H and O–H groups in total. The fourth-order valence-electron chi connectivity index (χ4n) is 0.729. The molecule has 66 valence electrons. The minimum Gasteiger partial charge on any atom is -0.477 e. The van der Waals surface area contributed by atoms with Crippen molar-refractivity contribution in [1.82, 2.24) is 10.6 Å². The van der Waals surface area contributed by atoms with Crippen LogP contribution in [-0.4, -0.2) is 25.4 Å². The zero-order chi connectivity index (χ0) is 9.14. The molecule has 0 saturated carbocycles. The Labute approximate surface area is 74.2 Å². The highest BCUT2D eigenvalue weighted by atomic mass is 35.5. The number of carbonyl (C=O) groups excluding carboxylic acids is 1. The van der Waals surface area contributed by atoms with Crippen LogP contribution in [0.4, 0.5) is 0 Å². The van der Waals surface area contributed by atoms with Gasteiger partial charge in [0.2, 0.25) is 0 Å². The zero-order valence-electron chi connectivity index (χ0n) is 6.40. The molecule has 0 aromatic heterocycles. The Morgan fingerprint density at radius 1 is 1.83 bits per heavy atom. The number of halogens is 1. The fourth-order valence-corrected chi connectivity index (χ4v) is 0.878. The van der Waals surface area contributed by atoms with Crippen LogP contribution < -0.4 is 10.6 Å². The van der Waals surface area contributed by atoms with Crippen molar-refractivity contribution < 1.29 is 9.53 Å². The van der Waals surface area contributed by atoms with Crippen LogP contribution in [-0.2, 0) is 9.53 Å². The van der Waals surface area contributed by atoms with Crippen molar-refractivity contribution >= 4 is 23.3 Å². The number of nitrogens with one attached hydrogen (secondary N) is 3. The first-order valence-corrected chi connectivity index (χ1v) is 3.62. The van der Waals surface area contributed by atoms with E-state index >= 15 is 0 Å². The largest absolute Gasteiger partial charge is 0.477 e. The summed E-state index contributed by atoms with van der Waals surface area (Å²) in [5, 5.41) is 12.4. The lowest BCUT2D eigenvalue weighted by atomic mass is 10.4. The second-order valence-electron chi connectivity index (χ2n) is 2.10. The summed E-state index contributed by atoms with van der Waals surface area (Å²) >= 11 is 5.64. The van der Waals surface area contributed by atoms with Crippen molar-refractivity contribution in [2.75, 3.05) is 13.7 Å². The first-order chi connectivity index (χ1) is 5.65. The summed E-state index contributed by atoms with van der Waals surface area (Å²) in [6, 6.07) is 0. The molecule has 0 radical (unpaired) electrons. The second-order valence-corrected chi connectivity index (χ2v) is 2.48. The molecule has 0 bridgehead atoms. The monoisotopic (exact) mass is 189 g/mol. The standard InChI is InChI=1S/C6H8ClN3O2/c1-9-5(7)4-6(8)10-3(11)2-12-4/h9H,2H2,1H3,(H2,8,10,11)/b5-4+.